The topological polar surface area (TPSA) is 71.5 Å². The number of fused-ring (bicyclic) bond motifs is 1. The molecular formula is C23H27N3O3S. The molecule has 0 fully saturated rings. The molecule has 0 aliphatic heterocycles. The lowest BCUT2D eigenvalue weighted by Gasteiger charge is -2.13. The van der Waals surface area contributed by atoms with Crippen LogP contribution in [0.1, 0.15) is 29.8 Å². The number of esters is 1. The van der Waals surface area contributed by atoms with Gasteiger partial charge >= 0.3 is 5.97 Å². The summed E-state index contributed by atoms with van der Waals surface area (Å²) in [6, 6.07) is 16.0. The number of ether oxygens (including phenoxy) is 1. The van der Waals surface area contributed by atoms with E-state index >= 15 is 0 Å². The van der Waals surface area contributed by atoms with Crippen LogP contribution in [-0.4, -0.2) is 37.6 Å². The number of anilines is 1. The number of benzene rings is 2. The maximum absolute atomic E-state index is 11.9. The van der Waals surface area contributed by atoms with E-state index in [2.05, 4.69) is 16.4 Å². The Balaban J connectivity index is 1.28. The number of nitrogens with one attached hydrogen (secondary N) is 1. The Morgan fingerprint density at radius 1 is 1.07 bits per heavy atom. The third-order valence-corrected chi connectivity index (χ3v) is 5.76. The van der Waals surface area contributed by atoms with Crippen LogP contribution in [0.4, 0.5) is 5.69 Å². The first-order chi connectivity index (χ1) is 14.5. The first-order valence-corrected chi connectivity index (χ1v) is 10.9. The van der Waals surface area contributed by atoms with E-state index in [9.17, 15) is 9.59 Å². The summed E-state index contributed by atoms with van der Waals surface area (Å²) in [4.78, 5) is 30.4. The van der Waals surface area contributed by atoms with Gasteiger partial charge in [0.15, 0.2) is 6.61 Å². The van der Waals surface area contributed by atoms with Crippen molar-refractivity contribution in [3.63, 3.8) is 0 Å². The van der Waals surface area contributed by atoms with Gasteiger partial charge in [0.2, 0.25) is 0 Å². The standard InChI is InChI=1S/C23H27N3O3S/c1-26(2)18-13-11-17(12-14-18)15-24-21(27)16-29-23(28)10-6-5-9-22-25-19-7-3-4-8-20(19)30-22/h3-4,7-8,11-14H,5-6,9-10,15-16H2,1-2H3,(H,24,27). The molecule has 158 valence electrons. The van der Waals surface area contributed by atoms with Crippen molar-refractivity contribution in [2.24, 2.45) is 0 Å². The summed E-state index contributed by atoms with van der Waals surface area (Å²) in [5.74, 6) is -0.640. The molecule has 1 N–H and O–H groups in total. The zero-order valence-electron chi connectivity index (χ0n) is 17.4. The van der Waals surface area contributed by atoms with Crippen LogP contribution in [-0.2, 0) is 27.3 Å². The normalized spacial score (nSPS) is 10.7. The van der Waals surface area contributed by atoms with Crippen molar-refractivity contribution in [1.29, 1.82) is 0 Å². The molecule has 0 unspecified atom stereocenters. The molecule has 0 spiro atoms. The van der Waals surface area contributed by atoms with Crippen molar-refractivity contribution in [1.82, 2.24) is 10.3 Å². The maximum atomic E-state index is 11.9. The van der Waals surface area contributed by atoms with Crippen LogP contribution in [0.15, 0.2) is 48.5 Å². The predicted molar refractivity (Wildman–Crippen MR) is 121 cm³/mol. The van der Waals surface area contributed by atoms with Crippen molar-refractivity contribution in [2.45, 2.75) is 32.2 Å². The Labute approximate surface area is 180 Å². The van der Waals surface area contributed by atoms with Gasteiger partial charge in [-0.1, -0.05) is 24.3 Å². The highest BCUT2D eigenvalue weighted by Crippen LogP contribution is 2.22. The fourth-order valence-electron chi connectivity index (χ4n) is 2.95. The molecule has 2 aromatic carbocycles. The predicted octanol–water partition coefficient (Wildman–Crippen LogP) is 3.93. The molecule has 1 heterocycles. The van der Waals surface area contributed by atoms with Crippen LogP contribution in [0.3, 0.4) is 0 Å². The number of carbonyl (C=O) groups is 2. The lowest BCUT2D eigenvalue weighted by atomic mass is 10.2. The van der Waals surface area contributed by atoms with Gasteiger partial charge in [-0.05, 0) is 49.1 Å². The molecule has 3 rings (SSSR count). The molecule has 3 aromatic rings. The second kappa shape index (κ2) is 10.7. The second-order valence-electron chi connectivity index (χ2n) is 7.28. The van der Waals surface area contributed by atoms with Crippen LogP contribution in [0.2, 0.25) is 0 Å². The van der Waals surface area contributed by atoms with Crippen molar-refractivity contribution in [3.8, 4) is 0 Å². The molecule has 0 atom stereocenters. The van der Waals surface area contributed by atoms with Crippen LogP contribution < -0.4 is 10.2 Å². The third-order valence-electron chi connectivity index (χ3n) is 4.67. The van der Waals surface area contributed by atoms with Crippen molar-refractivity contribution in [3.05, 3.63) is 59.1 Å². The minimum absolute atomic E-state index is 0.244. The molecular weight excluding hydrogens is 398 g/mol. The highest BCUT2D eigenvalue weighted by Gasteiger charge is 2.09. The molecule has 6 nitrogen and oxygen atoms in total. The summed E-state index contributed by atoms with van der Waals surface area (Å²) >= 11 is 1.69. The Morgan fingerprint density at radius 3 is 2.57 bits per heavy atom. The number of thiazole rings is 1. The quantitative estimate of drug-likeness (QED) is 0.394. The largest absolute Gasteiger partial charge is 0.456 e. The number of amides is 1. The highest BCUT2D eigenvalue weighted by molar-refractivity contribution is 7.18. The fourth-order valence-corrected chi connectivity index (χ4v) is 3.96. The van der Waals surface area contributed by atoms with Gasteiger partial charge in [-0.15, -0.1) is 11.3 Å². The Hall–Kier alpha value is -2.93. The molecule has 0 saturated carbocycles. The Kier molecular flexibility index (Phi) is 7.79. The SMILES string of the molecule is CN(C)c1ccc(CNC(=O)COC(=O)CCCCc2nc3ccccc3s2)cc1. The number of rotatable bonds is 10. The van der Waals surface area contributed by atoms with Crippen LogP contribution in [0.5, 0.6) is 0 Å². The maximum Gasteiger partial charge on any atom is 0.306 e. The van der Waals surface area contributed by atoms with Gasteiger partial charge in [-0.25, -0.2) is 4.98 Å². The smallest absolute Gasteiger partial charge is 0.306 e. The third kappa shape index (κ3) is 6.56. The van der Waals surface area contributed by atoms with Crippen molar-refractivity contribution < 1.29 is 14.3 Å². The van der Waals surface area contributed by atoms with Crippen LogP contribution >= 0.6 is 11.3 Å². The van der Waals surface area contributed by atoms with Gasteiger partial charge < -0.3 is 15.0 Å². The average Bonchev–Trinajstić information content (AvgIpc) is 3.17. The van der Waals surface area contributed by atoms with Crippen LogP contribution in [0, 0.1) is 0 Å². The highest BCUT2D eigenvalue weighted by atomic mass is 32.1. The van der Waals surface area contributed by atoms with E-state index in [4.69, 9.17) is 4.74 Å². The molecule has 1 aromatic heterocycles. The van der Waals surface area contributed by atoms with E-state index in [1.807, 2.05) is 61.5 Å². The van der Waals surface area contributed by atoms with Gasteiger partial charge in [0, 0.05) is 32.7 Å². The van der Waals surface area contributed by atoms with E-state index < -0.39 is 0 Å². The number of nitrogens with zero attached hydrogens (tertiary/aromatic N) is 2. The zero-order chi connectivity index (χ0) is 21.3. The minimum Gasteiger partial charge on any atom is -0.456 e. The van der Waals surface area contributed by atoms with E-state index in [-0.39, 0.29) is 18.5 Å². The number of hydrogen-bond acceptors (Lipinski definition) is 6. The lowest BCUT2D eigenvalue weighted by Crippen LogP contribution is -2.28. The monoisotopic (exact) mass is 425 g/mol. The van der Waals surface area contributed by atoms with E-state index in [1.54, 1.807) is 11.3 Å². The number of unbranched alkanes of at least 4 members (excludes halogenated alkanes) is 1. The van der Waals surface area contributed by atoms with Crippen molar-refractivity contribution in [2.75, 3.05) is 25.6 Å². The summed E-state index contributed by atoms with van der Waals surface area (Å²) in [6.07, 6.45) is 2.74. The van der Waals surface area contributed by atoms with Gasteiger partial charge in [0.1, 0.15) is 0 Å². The zero-order valence-corrected chi connectivity index (χ0v) is 18.2. The number of carbonyl (C=O) groups excluding carboxylic acids is 2. The summed E-state index contributed by atoms with van der Waals surface area (Å²) in [7, 11) is 3.96. The molecule has 0 bridgehead atoms. The average molecular weight is 426 g/mol. The molecule has 0 aliphatic rings. The van der Waals surface area contributed by atoms with Crippen LogP contribution in [0.25, 0.3) is 10.2 Å². The number of hydrogen-bond donors (Lipinski definition) is 1. The van der Waals surface area contributed by atoms with Gasteiger partial charge in [0.05, 0.1) is 15.2 Å². The molecule has 30 heavy (non-hydrogen) atoms. The summed E-state index contributed by atoms with van der Waals surface area (Å²) in [6.45, 7) is 0.165. The first kappa shape index (κ1) is 21.8. The van der Waals surface area contributed by atoms with Crippen molar-refractivity contribution >= 4 is 39.1 Å². The summed E-state index contributed by atoms with van der Waals surface area (Å²) in [5.41, 5.74) is 3.12. The molecule has 0 aliphatic carbocycles. The fraction of sp³-hybridized carbons (Fsp3) is 0.348. The van der Waals surface area contributed by atoms with E-state index in [0.717, 1.165) is 34.6 Å². The molecule has 0 radical (unpaired) electrons. The first-order valence-electron chi connectivity index (χ1n) is 10.0. The van der Waals surface area contributed by atoms with E-state index in [0.29, 0.717) is 19.4 Å². The Bertz CT molecular complexity index is 950. The molecule has 1 amide bonds. The van der Waals surface area contributed by atoms with Gasteiger partial charge in [-0.3, -0.25) is 9.59 Å². The second-order valence-corrected chi connectivity index (χ2v) is 8.40. The molecule has 0 saturated heterocycles. The minimum atomic E-state index is -0.343. The van der Waals surface area contributed by atoms with Gasteiger partial charge in [0.25, 0.3) is 5.91 Å². The molecule has 7 heteroatoms. The van der Waals surface area contributed by atoms with E-state index in [1.165, 1.54) is 4.70 Å². The lowest BCUT2D eigenvalue weighted by molar-refractivity contribution is -0.148. The number of aromatic nitrogens is 1. The number of aryl methyl sites for hydroxylation is 1. The summed E-state index contributed by atoms with van der Waals surface area (Å²) < 4.78 is 6.26. The Morgan fingerprint density at radius 2 is 1.83 bits per heavy atom. The van der Waals surface area contributed by atoms with Gasteiger partial charge in [-0.2, -0.15) is 0 Å². The number of para-hydroxylation sites is 1. The summed E-state index contributed by atoms with van der Waals surface area (Å²) in [5, 5.41) is 3.85.